The smallest absolute Gasteiger partial charge is 0.258 e. The van der Waals surface area contributed by atoms with Gasteiger partial charge >= 0.3 is 5.69 Å². The predicted molar refractivity (Wildman–Crippen MR) is 55.8 cm³/mol. The van der Waals surface area contributed by atoms with Crippen LogP contribution in [0.3, 0.4) is 0 Å². The quantitative estimate of drug-likeness (QED) is 0.467. The summed E-state index contributed by atoms with van der Waals surface area (Å²) in [5.74, 6) is -0.0306. The van der Waals surface area contributed by atoms with Crippen molar-refractivity contribution in [1.82, 2.24) is 19.7 Å². The predicted octanol–water partition coefficient (Wildman–Crippen LogP) is 1.88. The lowest BCUT2D eigenvalue weighted by Crippen LogP contribution is -2.04. The first-order valence-corrected chi connectivity index (χ1v) is 4.70. The van der Waals surface area contributed by atoms with Gasteiger partial charge in [0.15, 0.2) is 0 Å². The molecule has 0 aliphatic heterocycles. The number of nitro groups is 1. The van der Waals surface area contributed by atoms with Gasteiger partial charge in [-0.15, -0.1) is 0 Å². The molecule has 0 saturated carbocycles. The van der Waals surface area contributed by atoms with Crippen molar-refractivity contribution in [2.45, 2.75) is 0 Å². The van der Waals surface area contributed by atoms with E-state index in [1.165, 1.54) is 12.4 Å². The highest BCUT2D eigenvalue weighted by molar-refractivity contribution is 6.31. The van der Waals surface area contributed by atoms with Crippen LogP contribution in [0.2, 0.25) is 10.2 Å². The summed E-state index contributed by atoms with van der Waals surface area (Å²) < 4.78 is 1.16. The van der Waals surface area contributed by atoms with Crippen molar-refractivity contribution < 1.29 is 4.92 Å². The summed E-state index contributed by atoms with van der Waals surface area (Å²) in [5.41, 5.74) is -0.413. The second kappa shape index (κ2) is 4.03. The van der Waals surface area contributed by atoms with Crippen molar-refractivity contribution in [3.63, 3.8) is 0 Å². The SMILES string of the molecule is O=[N+]([O-])c1c(Cl)ncnc1-n1cc(Cl)cn1. The van der Waals surface area contributed by atoms with E-state index in [-0.39, 0.29) is 11.0 Å². The maximum atomic E-state index is 10.8. The van der Waals surface area contributed by atoms with Crippen LogP contribution in [0, 0.1) is 10.1 Å². The standard InChI is InChI=1S/C7H3Cl2N5O2/c8-4-1-12-13(2-4)7-5(14(15)16)6(9)10-3-11-7/h1-3H. The highest BCUT2D eigenvalue weighted by Crippen LogP contribution is 2.27. The van der Waals surface area contributed by atoms with Crippen LogP contribution >= 0.6 is 23.2 Å². The van der Waals surface area contributed by atoms with Crippen molar-refractivity contribution in [3.05, 3.63) is 39.0 Å². The van der Waals surface area contributed by atoms with Crippen LogP contribution in [0.25, 0.3) is 5.82 Å². The van der Waals surface area contributed by atoms with E-state index in [9.17, 15) is 10.1 Å². The molecule has 0 radical (unpaired) electrons. The topological polar surface area (TPSA) is 86.7 Å². The zero-order valence-electron chi connectivity index (χ0n) is 7.54. The summed E-state index contributed by atoms with van der Waals surface area (Å²) in [6.45, 7) is 0. The third kappa shape index (κ3) is 1.82. The minimum absolute atomic E-state index is 0.0306. The van der Waals surface area contributed by atoms with Gasteiger partial charge in [-0.3, -0.25) is 10.1 Å². The molecule has 16 heavy (non-hydrogen) atoms. The minimum Gasteiger partial charge on any atom is -0.258 e. The molecular weight excluding hydrogens is 257 g/mol. The maximum absolute atomic E-state index is 10.8. The van der Waals surface area contributed by atoms with Gasteiger partial charge in [0.25, 0.3) is 0 Å². The van der Waals surface area contributed by atoms with Gasteiger partial charge < -0.3 is 0 Å². The molecule has 2 aromatic rings. The highest BCUT2D eigenvalue weighted by atomic mass is 35.5. The molecule has 0 spiro atoms. The van der Waals surface area contributed by atoms with E-state index in [4.69, 9.17) is 23.2 Å². The van der Waals surface area contributed by atoms with Gasteiger partial charge in [-0.05, 0) is 0 Å². The molecule has 0 saturated heterocycles. The number of hydrogen-bond acceptors (Lipinski definition) is 5. The van der Waals surface area contributed by atoms with Crippen molar-refractivity contribution >= 4 is 28.9 Å². The Balaban J connectivity index is 2.65. The molecule has 0 fully saturated rings. The largest absolute Gasteiger partial charge is 0.350 e. The first-order valence-electron chi connectivity index (χ1n) is 3.95. The molecule has 0 aromatic carbocycles. The van der Waals surface area contributed by atoms with E-state index in [0.717, 1.165) is 11.0 Å². The van der Waals surface area contributed by atoms with Crippen LogP contribution < -0.4 is 0 Å². The summed E-state index contributed by atoms with van der Waals surface area (Å²) in [5, 5.41) is 14.7. The van der Waals surface area contributed by atoms with Crippen molar-refractivity contribution in [2.75, 3.05) is 0 Å². The molecular formula is C7H3Cl2N5O2. The molecule has 0 atom stereocenters. The Morgan fingerprint density at radius 2 is 2.12 bits per heavy atom. The van der Waals surface area contributed by atoms with Crippen LogP contribution in [-0.4, -0.2) is 24.7 Å². The van der Waals surface area contributed by atoms with E-state index in [0.29, 0.717) is 5.02 Å². The molecule has 7 nitrogen and oxygen atoms in total. The number of aromatic nitrogens is 4. The van der Waals surface area contributed by atoms with E-state index >= 15 is 0 Å². The second-order valence-electron chi connectivity index (χ2n) is 2.70. The first-order chi connectivity index (χ1) is 7.59. The lowest BCUT2D eigenvalue weighted by molar-refractivity contribution is -0.385. The summed E-state index contributed by atoms with van der Waals surface area (Å²) in [6.07, 6.45) is 3.83. The Bertz CT molecular complexity index is 555. The molecule has 0 bridgehead atoms. The molecule has 2 aromatic heterocycles. The molecule has 82 valence electrons. The Labute approximate surface area is 98.8 Å². The first kappa shape index (κ1) is 10.8. The highest BCUT2D eigenvalue weighted by Gasteiger charge is 2.23. The molecule has 2 heterocycles. The molecule has 2 rings (SSSR count). The summed E-state index contributed by atoms with van der Waals surface area (Å²) in [7, 11) is 0. The third-order valence-corrected chi connectivity index (χ3v) is 2.18. The van der Waals surface area contributed by atoms with E-state index in [2.05, 4.69) is 15.1 Å². The Kier molecular flexibility index (Phi) is 2.71. The second-order valence-corrected chi connectivity index (χ2v) is 3.49. The fourth-order valence-electron chi connectivity index (χ4n) is 1.09. The average molecular weight is 260 g/mol. The van der Waals surface area contributed by atoms with Gasteiger partial charge in [0.05, 0.1) is 22.3 Å². The Morgan fingerprint density at radius 3 is 2.69 bits per heavy atom. The molecule has 0 amide bonds. The number of halogens is 2. The zero-order valence-corrected chi connectivity index (χ0v) is 9.05. The monoisotopic (exact) mass is 259 g/mol. The lowest BCUT2D eigenvalue weighted by atomic mass is 10.5. The summed E-state index contributed by atoms with van der Waals surface area (Å²) >= 11 is 11.3. The van der Waals surface area contributed by atoms with Crippen molar-refractivity contribution in [1.29, 1.82) is 0 Å². The van der Waals surface area contributed by atoms with E-state index in [1.807, 2.05) is 0 Å². The fraction of sp³-hybridized carbons (Fsp3) is 0. The average Bonchev–Trinajstić information content (AvgIpc) is 2.63. The molecule has 0 aliphatic carbocycles. The lowest BCUT2D eigenvalue weighted by Gasteiger charge is -2.01. The summed E-state index contributed by atoms with van der Waals surface area (Å²) in [6, 6.07) is 0. The van der Waals surface area contributed by atoms with Crippen LogP contribution in [0.4, 0.5) is 5.69 Å². The van der Waals surface area contributed by atoms with Crippen LogP contribution in [0.15, 0.2) is 18.7 Å². The minimum atomic E-state index is -0.673. The molecule has 0 aliphatic rings. The van der Waals surface area contributed by atoms with Crippen LogP contribution in [0.5, 0.6) is 0 Å². The fourth-order valence-corrected chi connectivity index (χ4v) is 1.42. The van der Waals surface area contributed by atoms with Gasteiger partial charge in [0.1, 0.15) is 6.33 Å². The van der Waals surface area contributed by atoms with Gasteiger partial charge in [-0.1, -0.05) is 23.2 Å². The van der Waals surface area contributed by atoms with E-state index in [1.54, 1.807) is 0 Å². The van der Waals surface area contributed by atoms with Gasteiger partial charge in [-0.2, -0.15) is 5.10 Å². The van der Waals surface area contributed by atoms with Crippen LogP contribution in [-0.2, 0) is 0 Å². The van der Waals surface area contributed by atoms with Gasteiger partial charge in [0, 0.05) is 0 Å². The Morgan fingerprint density at radius 1 is 1.38 bits per heavy atom. The van der Waals surface area contributed by atoms with Crippen LogP contribution in [0.1, 0.15) is 0 Å². The van der Waals surface area contributed by atoms with Gasteiger partial charge in [-0.25, -0.2) is 14.6 Å². The number of hydrogen-bond donors (Lipinski definition) is 0. The number of nitrogens with zero attached hydrogens (tertiary/aromatic N) is 5. The maximum Gasteiger partial charge on any atom is 0.350 e. The van der Waals surface area contributed by atoms with E-state index < -0.39 is 10.6 Å². The third-order valence-electron chi connectivity index (χ3n) is 1.71. The molecule has 0 unspecified atom stereocenters. The van der Waals surface area contributed by atoms with Crippen molar-refractivity contribution in [2.24, 2.45) is 0 Å². The normalized spacial score (nSPS) is 10.4. The molecule has 9 heteroatoms. The Hall–Kier alpha value is -1.73. The summed E-state index contributed by atoms with van der Waals surface area (Å²) in [4.78, 5) is 17.4. The molecule has 0 N–H and O–H groups in total. The van der Waals surface area contributed by atoms with Gasteiger partial charge in [0.2, 0.25) is 11.0 Å². The number of rotatable bonds is 2. The van der Waals surface area contributed by atoms with Crippen molar-refractivity contribution in [3.8, 4) is 5.82 Å². The zero-order chi connectivity index (χ0) is 11.7.